The van der Waals surface area contributed by atoms with Crippen molar-refractivity contribution in [2.75, 3.05) is 24.3 Å². The number of carbonyl (C=O) groups excluding carboxylic acids is 3. The first-order valence-corrected chi connectivity index (χ1v) is 13.3. The monoisotopic (exact) mass is 529 g/mol. The zero-order chi connectivity index (χ0) is 27.1. The van der Waals surface area contributed by atoms with Crippen LogP contribution in [0.2, 0.25) is 0 Å². The van der Waals surface area contributed by atoms with Crippen molar-refractivity contribution in [1.29, 1.82) is 0 Å². The van der Waals surface area contributed by atoms with Gasteiger partial charge in [-0.05, 0) is 60.4 Å². The zero-order valence-corrected chi connectivity index (χ0v) is 22.5. The van der Waals surface area contributed by atoms with E-state index in [2.05, 4.69) is 10.6 Å². The number of nitrogens with zero attached hydrogens (tertiary/aromatic N) is 1. The minimum absolute atomic E-state index is 0.0905. The number of rotatable bonds is 11. The highest BCUT2D eigenvalue weighted by atomic mass is 32.2. The molecule has 3 amide bonds. The minimum Gasteiger partial charge on any atom is -0.497 e. The van der Waals surface area contributed by atoms with Crippen molar-refractivity contribution in [2.45, 2.75) is 31.6 Å². The standard InChI is InChI=1S/C30H31N3O4S/c1-20(2)19-33-29(35)27(32-22-13-15-24(37-3)16-14-22)28(30(33)36)38-25-11-7-10-23(18-25)31-26(34)17-12-21-8-5-4-6-9-21/h4-11,13-16,18,20,32H,12,17,19H2,1-3H3,(H,31,34). The topological polar surface area (TPSA) is 87.7 Å². The van der Waals surface area contributed by atoms with Crippen LogP contribution >= 0.6 is 11.8 Å². The number of hydrogen-bond donors (Lipinski definition) is 2. The quantitative estimate of drug-likeness (QED) is 0.310. The third kappa shape index (κ3) is 6.83. The molecule has 7 nitrogen and oxygen atoms in total. The Morgan fingerprint density at radius 2 is 1.66 bits per heavy atom. The average molecular weight is 530 g/mol. The van der Waals surface area contributed by atoms with Crippen molar-refractivity contribution in [3.8, 4) is 5.75 Å². The molecule has 0 saturated carbocycles. The lowest BCUT2D eigenvalue weighted by Gasteiger charge is -2.17. The molecular formula is C30H31N3O4S. The van der Waals surface area contributed by atoms with Gasteiger partial charge in [0.25, 0.3) is 11.8 Å². The van der Waals surface area contributed by atoms with Crippen LogP contribution in [0.5, 0.6) is 5.75 Å². The van der Waals surface area contributed by atoms with Crippen molar-refractivity contribution in [1.82, 2.24) is 4.90 Å². The van der Waals surface area contributed by atoms with E-state index in [4.69, 9.17) is 4.74 Å². The highest BCUT2D eigenvalue weighted by Crippen LogP contribution is 2.37. The number of methoxy groups -OCH3 is 1. The van der Waals surface area contributed by atoms with Crippen LogP contribution in [0.1, 0.15) is 25.8 Å². The molecule has 2 N–H and O–H groups in total. The van der Waals surface area contributed by atoms with Gasteiger partial charge in [0.05, 0.1) is 7.11 Å². The molecule has 0 aliphatic carbocycles. The van der Waals surface area contributed by atoms with Crippen LogP contribution in [-0.2, 0) is 20.8 Å². The summed E-state index contributed by atoms with van der Waals surface area (Å²) in [5.41, 5.74) is 2.65. The van der Waals surface area contributed by atoms with Gasteiger partial charge in [-0.15, -0.1) is 0 Å². The van der Waals surface area contributed by atoms with E-state index in [9.17, 15) is 14.4 Å². The van der Waals surface area contributed by atoms with Crippen molar-refractivity contribution in [3.63, 3.8) is 0 Å². The number of thioether (sulfide) groups is 1. The highest BCUT2D eigenvalue weighted by Gasteiger charge is 2.39. The number of amides is 3. The molecule has 1 aliphatic rings. The maximum Gasteiger partial charge on any atom is 0.278 e. The fourth-order valence-electron chi connectivity index (χ4n) is 3.99. The molecule has 1 aliphatic heterocycles. The molecule has 0 aromatic heterocycles. The molecule has 8 heteroatoms. The number of aryl methyl sites for hydroxylation is 1. The second kappa shape index (κ2) is 12.5. The SMILES string of the molecule is COc1ccc(NC2=C(Sc3cccc(NC(=O)CCc4ccccc4)c3)C(=O)N(CC(C)C)C2=O)cc1. The van der Waals surface area contributed by atoms with Gasteiger partial charge in [-0.3, -0.25) is 19.3 Å². The molecule has 3 aromatic carbocycles. The van der Waals surface area contributed by atoms with E-state index < -0.39 is 0 Å². The number of imide groups is 1. The third-order valence-corrected chi connectivity index (χ3v) is 6.93. The van der Waals surface area contributed by atoms with E-state index in [1.807, 2.05) is 68.4 Å². The number of benzene rings is 3. The summed E-state index contributed by atoms with van der Waals surface area (Å²) in [7, 11) is 1.59. The predicted octanol–water partition coefficient (Wildman–Crippen LogP) is 5.71. The molecule has 1 heterocycles. The largest absolute Gasteiger partial charge is 0.497 e. The smallest absolute Gasteiger partial charge is 0.278 e. The van der Waals surface area contributed by atoms with E-state index in [1.54, 1.807) is 31.4 Å². The lowest BCUT2D eigenvalue weighted by Crippen LogP contribution is -2.35. The average Bonchev–Trinajstić information content (AvgIpc) is 3.12. The van der Waals surface area contributed by atoms with Gasteiger partial charge in [0.15, 0.2) is 0 Å². The maximum atomic E-state index is 13.3. The van der Waals surface area contributed by atoms with Gasteiger partial charge in [0.2, 0.25) is 5.91 Å². The normalized spacial score (nSPS) is 13.3. The molecule has 4 rings (SSSR count). The van der Waals surface area contributed by atoms with Gasteiger partial charge in [-0.2, -0.15) is 0 Å². The minimum atomic E-state index is -0.354. The lowest BCUT2D eigenvalue weighted by molar-refractivity contribution is -0.137. The summed E-state index contributed by atoms with van der Waals surface area (Å²) in [6, 6.07) is 24.3. The Labute approximate surface area is 227 Å². The second-order valence-corrected chi connectivity index (χ2v) is 10.4. The molecular weight excluding hydrogens is 498 g/mol. The first-order valence-electron chi connectivity index (χ1n) is 12.5. The molecule has 0 saturated heterocycles. The molecule has 38 heavy (non-hydrogen) atoms. The van der Waals surface area contributed by atoms with Gasteiger partial charge < -0.3 is 15.4 Å². The van der Waals surface area contributed by atoms with Crippen molar-refractivity contribution < 1.29 is 19.1 Å². The second-order valence-electron chi connectivity index (χ2n) is 9.34. The predicted molar refractivity (Wildman–Crippen MR) is 151 cm³/mol. The molecule has 0 radical (unpaired) electrons. The van der Waals surface area contributed by atoms with Crippen molar-refractivity contribution >= 4 is 40.9 Å². The number of anilines is 2. The van der Waals surface area contributed by atoms with E-state index >= 15 is 0 Å². The Morgan fingerprint density at radius 3 is 2.34 bits per heavy atom. The van der Waals surface area contributed by atoms with Crippen molar-refractivity contribution in [2.24, 2.45) is 5.92 Å². The molecule has 0 bridgehead atoms. The van der Waals surface area contributed by atoms with Gasteiger partial charge >= 0.3 is 0 Å². The van der Waals surface area contributed by atoms with Crippen LogP contribution in [0.25, 0.3) is 0 Å². The van der Waals surface area contributed by atoms with Gasteiger partial charge in [-0.1, -0.05) is 62.0 Å². The summed E-state index contributed by atoms with van der Waals surface area (Å²) >= 11 is 1.21. The summed E-state index contributed by atoms with van der Waals surface area (Å²) in [4.78, 5) is 41.5. The molecule has 0 unspecified atom stereocenters. The summed E-state index contributed by atoms with van der Waals surface area (Å²) in [5.74, 6) is 0.0441. The maximum absolute atomic E-state index is 13.3. The number of nitrogens with one attached hydrogen (secondary N) is 2. The Kier molecular flexibility index (Phi) is 8.86. The number of ether oxygens (including phenoxy) is 1. The molecule has 0 spiro atoms. The van der Waals surface area contributed by atoms with Gasteiger partial charge in [0, 0.05) is 29.2 Å². The Morgan fingerprint density at radius 1 is 0.921 bits per heavy atom. The summed E-state index contributed by atoms with van der Waals surface area (Å²) in [5, 5.41) is 6.08. The van der Waals surface area contributed by atoms with E-state index in [0.29, 0.717) is 41.4 Å². The van der Waals surface area contributed by atoms with E-state index in [-0.39, 0.29) is 29.3 Å². The molecule has 0 atom stereocenters. The fraction of sp³-hybridized carbons (Fsp3) is 0.233. The number of carbonyl (C=O) groups is 3. The number of hydrogen-bond acceptors (Lipinski definition) is 6. The Hall–Kier alpha value is -4.04. The molecule has 0 fully saturated rings. The fourth-order valence-corrected chi connectivity index (χ4v) is 5.00. The van der Waals surface area contributed by atoms with Crippen LogP contribution in [0.3, 0.4) is 0 Å². The summed E-state index contributed by atoms with van der Waals surface area (Å²) in [6.45, 7) is 4.26. The van der Waals surface area contributed by atoms with Crippen LogP contribution in [0.15, 0.2) is 94.4 Å². The molecule has 196 valence electrons. The Bertz CT molecular complexity index is 1340. The Balaban J connectivity index is 1.52. The lowest BCUT2D eigenvalue weighted by atomic mass is 10.1. The van der Waals surface area contributed by atoms with E-state index in [0.717, 1.165) is 10.5 Å². The summed E-state index contributed by atoms with van der Waals surface area (Å²) in [6.07, 6.45) is 1.01. The third-order valence-electron chi connectivity index (χ3n) is 5.85. The van der Waals surface area contributed by atoms with Gasteiger partial charge in [-0.25, -0.2) is 0 Å². The van der Waals surface area contributed by atoms with Crippen LogP contribution in [0, 0.1) is 5.92 Å². The summed E-state index contributed by atoms with van der Waals surface area (Å²) < 4.78 is 5.21. The van der Waals surface area contributed by atoms with E-state index in [1.165, 1.54) is 16.7 Å². The molecule has 3 aromatic rings. The van der Waals surface area contributed by atoms with Gasteiger partial charge in [0.1, 0.15) is 16.4 Å². The first-order chi connectivity index (χ1) is 18.3. The zero-order valence-electron chi connectivity index (χ0n) is 21.7. The van der Waals surface area contributed by atoms with Crippen LogP contribution in [0.4, 0.5) is 11.4 Å². The van der Waals surface area contributed by atoms with Crippen LogP contribution in [-0.4, -0.2) is 36.3 Å². The van der Waals surface area contributed by atoms with Crippen molar-refractivity contribution in [3.05, 3.63) is 95.0 Å². The highest BCUT2D eigenvalue weighted by molar-refractivity contribution is 8.04. The first kappa shape index (κ1) is 27.0. The van der Waals surface area contributed by atoms with Crippen LogP contribution < -0.4 is 15.4 Å².